The molecule has 0 amide bonds. The molecule has 1 atom stereocenters. The molecular formula is C70H126O6. The van der Waals surface area contributed by atoms with Gasteiger partial charge in [-0.1, -0.05) is 326 Å². The highest BCUT2D eigenvalue weighted by atomic mass is 16.6. The minimum atomic E-state index is -0.789. The van der Waals surface area contributed by atoms with Crippen molar-refractivity contribution in [1.29, 1.82) is 0 Å². The Balaban J connectivity index is 4.17. The predicted octanol–water partition coefficient (Wildman–Crippen LogP) is 22.7. The first-order valence-corrected chi connectivity index (χ1v) is 33.3. The lowest BCUT2D eigenvalue weighted by Crippen LogP contribution is -2.30. The van der Waals surface area contributed by atoms with Gasteiger partial charge in [-0.2, -0.15) is 0 Å². The second kappa shape index (κ2) is 64.6. The summed E-state index contributed by atoms with van der Waals surface area (Å²) in [4.78, 5) is 38.2. The zero-order chi connectivity index (χ0) is 55.0. The molecule has 0 bridgehead atoms. The van der Waals surface area contributed by atoms with Crippen molar-refractivity contribution >= 4 is 17.9 Å². The average Bonchev–Trinajstić information content (AvgIpc) is 3.42. The number of hydrogen-bond donors (Lipinski definition) is 0. The Kier molecular flexibility index (Phi) is 62.2. The summed E-state index contributed by atoms with van der Waals surface area (Å²) in [6.07, 6.45) is 82.6. The van der Waals surface area contributed by atoms with Crippen LogP contribution in [0.25, 0.3) is 0 Å². The summed E-state index contributed by atoms with van der Waals surface area (Å²) in [6, 6.07) is 0. The SMILES string of the molecule is CC/C=C\C/C=C\C/C=C\C/C=C\C/C=C\CCCCCC(=O)OC(COC(=O)CCCCCCCCCCCC)COC(=O)CCCCCCCCCCCCCCCCCCCCCCCCCCCCCCC. The van der Waals surface area contributed by atoms with Crippen LogP contribution < -0.4 is 0 Å². The van der Waals surface area contributed by atoms with Crippen molar-refractivity contribution in [3.63, 3.8) is 0 Å². The summed E-state index contributed by atoms with van der Waals surface area (Å²) in [5.74, 6) is -0.900. The smallest absolute Gasteiger partial charge is 0.306 e. The molecule has 0 spiro atoms. The Hall–Kier alpha value is -2.89. The monoisotopic (exact) mass is 1060 g/mol. The third-order valence-electron chi connectivity index (χ3n) is 14.8. The number of carbonyl (C=O) groups is 3. The molecule has 0 aliphatic rings. The van der Waals surface area contributed by atoms with Crippen LogP contribution in [0.3, 0.4) is 0 Å². The highest BCUT2D eigenvalue weighted by Gasteiger charge is 2.19. The van der Waals surface area contributed by atoms with E-state index in [2.05, 4.69) is 81.5 Å². The van der Waals surface area contributed by atoms with E-state index < -0.39 is 6.10 Å². The standard InChI is InChI=1S/C70H126O6/c1-4-7-10-13-16-19-22-24-26-28-30-31-32-33-34-35-36-37-38-39-41-42-44-46-48-51-54-57-60-63-69(72)75-66-67(65-74-68(71)62-59-56-53-50-21-18-15-12-9-6-3)76-70(73)64-61-58-55-52-49-47-45-43-40-29-27-25-23-20-17-14-11-8-5-2/h8,11,17,20,25,27,40,43,47,49,67H,4-7,9-10,12-16,18-19,21-24,26,28-39,41-42,44-46,48,50-66H2,1-3H3/b11-8-,20-17-,27-25-,43-40-,49-47-. The molecule has 0 aromatic heterocycles. The molecule has 0 saturated heterocycles. The molecule has 0 N–H and O–H groups in total. The molecule has 76 heavy (non-hydrogen) atoms. The van der Waals surface area contributed by atoms with Gasteiger partial charge in [-0.3, -0.25) is 14.4 Å². The molecule has 1 unspecified atom stereocenters. The van der Waals surface area contributed by atoms with Gasteiger partial charge >= 0.3 is 17.9 Å². The van der Waals surface area contributed by atoms with E-state index in [1.807, 2.05) is 0 Å². The van der Waals surface area contributed by atoms with Gasteiger partial charge < -0.3 is 14.2 Å². The van der Waals surface area contributed by atoms with Crippen LogP contribution in [-0.4, -0.2) is 37.2 Å². The van der Waals surface area contributed by atoms with Crippen LogP contribution in [0.15, 0.2) is 60.8 Å². The van der Waals surface area contributed by atoms with E-state index in [1.54, 1.807) is 0 Å². The highest BCUT2D eigenvalue weighted by Crippen LogP contribution is 2.18. The largest absolute Gasteiger partial charge is 0.462 e. The number of carbonyl (C=O) groups excluding carboxylic acids is 3. The second-order valence-electron chi connectivity index (χ2n) is 22.4. The molecular weight excluding hydrogens is 937 g/mol. The van der Waals surface area contributed by atoms with Gasteiger partial charge in [0.1, 0.15) is 13.2 Å². The van der Waals surface area contributed by atoms with Crippen molar-refractivity contribution < 1.29 is 28.6 Å². The maximum Gasteiger partial charge on any atom is 0.306 e. The molecule has 442 valence electrons. The first kappa shape index (κ1) is 73.1. The summed E-state index contributed by atoms with van der Waals surface area (Å²) >= 11 is 0. The predicted molar refractivity (Wildman–Crippen MR) is 330 cm³/mol. The molecule has 0 aliphatic carbocycles. The fourth-order valence-electron chi connectivity index (χ4n) is 9.83. The first-order valence-electron chi connectivity index (χ1n) is 33.3. The molecule has 0 heterocycles. The quantitative estimate of drug-likeness (QED) is 0.0261. The maximum atomic E-state index is 12.9. The van der Waals surface area contributed by atoms with Gasteiger partial charge in [0, 0.05) is 19.3 Å². The van der Waals surface area contributed by atoms with Crippen molar-refractivity contribution in [2.24, 2.45) is 0 Å². The lowest BCUT2D eigenvalue weighted by Gasteiger charge is -2.18. The number of hydrogen-bond acceptors (Lipinski definition) is 6. The van der Waals surface area contributed by atoms with E-state index in [1.165, 1.54) is 212 Å². The van der Waals surface area contributed by atoms with Crippen molar-refractivity contribution in [2.45, 2.75) is 354 Å². The Morgan fingerprint density at radius 1 is 0.276 bits per heavy atom. The van der Waals surface area contributed by atoms with Crippen molar-refractivity contribution in [1.82, 2.24) is 0 Å². The Morgan fingerprint density at radius 3 is 0.803 bits per heavy atom. The number of unbranched alkanes of at least 4 members (excludes halogenated alkanes) is 40. The molecule has 6 heteroatoms. The zero-order valence-corrected chi connectivity index (χ0v) is 50.8. The number of ether oxygens (including phenoxy) is 3. The molecule has 0 fully saturated rings. The molecule has 0 radical (unpaired) electrons. The third-order valence-corrected chi connectivity index (χ3v) is 14.8. The van der Waals surface area contributed by atoms with Crippen LogP contribution >= 0.6 is 0 Å². The van der Waals surface area contributed by atoms with Gasteiger partial charge in [0.25, 0.3) is 0 Å². The van der Waals surface area contributed by atoms with Crippen LogP contribution in [0.1, 0.15) is 348 Å². The van der Waals surface area contributed by atoms with Crippen LogP contribution in [0.4, 0.5) is 0 Å². The van der Waals surface area contributed by atoms with Crippen LogP contribution in [0, 0.1) is 0 Å². The summed E-state index contributed by atoms with van der Waals surface area (Å²) in [5.41, 5.74) is 0. The molecule has 0 aromatic carbocycles. The van der Waals surface area contributed by atoms with Gasteiger partial charge in [0.05, 0.1) is 0 Å². The second-order valence-corrected chi connectivity index (χ2v) is 22.4. The molecule has 0 saturated carbocycles. The van der Waals surface area contributed by atoms with Crippen LogP contribution in [0.5, 0.6) is 0 Å². The van der Waals surface area contributed by atoms with E-state index in [0.717, 1.165) is 96.3 Å². The fraction of sp³-hybridized carbons (Fsp3) is 0.814. The molecule has 0 rings (SSSR count). The zero-order valence-electron chi connectivity index (χ0n) is 50.8. The highest BCUT2D eigenvalue weighted by molar-refractivity contribution is 5.71. The van der Waals surface area contributed by atoms with Gasteiger partial charge in [-0.15, -0.1) is 0 Å². The van der Waals surface area contributed by atoms with Gasteiger partial charge in [0.2, 0.25) is 0 Å². The van der Waals surface area contributed by atoms with E-state index in [0.29, 0.717) is 19.3 Å². The Bertz CT molecular complexity index is 1360. The first-order chi connectivity index (χ1) is 37.5. The molecule has 0 aromatic rings. The maximum absolute atomic E-state index is 12.9. The Morgan fingerprint density at radius 2 is 0.513 bits per heavy atom. The Labute approximate surface area is 472 Å². The summed E-state index contributed by atoms with van der Waals surface area (Å²) in [7, 11) is 0. The van der Waals surface area contributed by atoms with Gasteiger partial charge in [-0.25, -0.2) is 0 Å². The minimum Gasteiger partial charge on any atom is -0.462 e. The van der Waals surface area contributed by atoms with Gasteiger partial charge in [0.15, 0.2) is 6.10 Å². The topological polar surface area (TPSA) is 78.9 Å². The lowest BCUT2D eigenvalue weighted by atomic mass is 10.0. The number of allylic oxidation sites excluding steroid dienone is 10. The van der Waals surface area contributed by atoms with Gasteiger partial charge in [-0.05, 0) is 64.2 Å². The summed E-state index contributed by atoms with van der Waals surface area (Å²) in [6.45, 7) is 6.54. The molecule has 0 aliphatic heterocycles. The van der Waals surface area contributed by atoms with Crippen molar-refractivity contribution in [2.75, 3.05) is 13.2 Å². The van der Waals surface area contributed by atoms with Crippen molar-refractivity contribution in [3.05, 3.63) is 60.8 Å². The van der Waals surface area contributed by atoms with E-state index in [-0.39, 0.29) is 31.1 Å². The summed E-state index contributed by atoms with van der Waals surface area (Å²) < 4.78 is 16.9. The average molecular weight is 1060 g/mol. The summed E-state index contributed by atoms with van der Waals surface area (Å²) in [5, 5.41) is 0. The van der Waals surface area contributed by atoms with E-state index >= 15 is 0 Å². The van der Waals surface area contributed by atoms with Crippen LogP contribution in [0.2, 0.25) is 0 Å². The lowest BCUT2D eigenvalue weighted by molar-refractivity contribution is -0.167. The van der Waals surface area contributed by atoms with Crippen molar-refractivity contribution in [3.8, 4) is 0 Å². The normalized spacial score (nSPS) is 12.4. The third kappa shape index (κ3) is 62.0. The number of esters is 3. The molecule has 6 nitrogen and oxygen atoms in total. The van der Waals surface area contributed by atoms with E-state index in [9.17, 15) is 14.4 Å². The minimum absolute atomic E-state index is 0.0836. The number of rotatable bonds is 61. The van der Waals surface area contributed by atoms with E-state index in [4.69, 9.17) is 14.2 Å². The van der Waals surface area contributed by atoms with Crippen LogP contribution in [-0.2, 0) is 28.6 Å². The fourth-order valence-corrected chi connectivity index (χ4v) is 9.83.